The van der Waals surface area contributed by atoms with E-state index in [0.29, 0.717) is 11.6 Å². The largest absolute Gasteiger partial charge is 0.454 e. The van der Waals surface area contributed by atoms with Gasteiger partial charge >= 0.3 is 6.18 Å². The van der Waals surface area contributed by atoms with Crippen LogP contribution in [0.4, 0.5) is 13.2 Å². The minimum atomic E-state index is -4.87. The monoisotopic (exact) mass is 272 g/mol. The molecule has 0 atom stereocenters. The van der Waals surface area contributed by atoms with Crippen molar-refractivity contribution in [2.75, 3.05) is 14.1 Å². The summed E-state index contributed by atoms with van der Waals surface area (Å²) in [5, 5.41) is 1.47. The summed E-state index contributed by atoms with van der Waals surface area (Å²) in [6.07, 6.45) is -4.31. The van der Waals surface area contributed by atoms with Crippen molar-refractivity contribution in [3.8, 4) is 0 Å². The quantitative estimate of drug-likeness (QED) is 0.675. The van der Waals surface area contributed by atoms with E-state index < -0.39 is 12.0 Å². The number of alkyl halides is 3. The van der Waals surface area contributed by atoms with E-state index in [2.05, 4.69) is 5.43 Å². The maximum Gasteiger partial charge on any atom is 0.454 e. The lowest BCUT2D eigenvalue weighted by Crippen LogP contribution is -2.30. The molecule has 6 heteroatoms. The van der Waals surface area contributed by atoms with Gasteiger partial charge in [-0.25, -0.2) is 5.01 Å². The van der Waals surface area contributed by atoms with Crippen LogP contribution in [0.5, 0.6) is 0 Å². The number of benzene rings is 1. The minimum Gasteiger partial charge on any atom is -0.319 e. The molecule has 0 saturated carbocycles. The molecule has 0 aliphatic heterocycles. The van der Waals surface area contributed by atoms with Crippen molar-refractivity contribution in [3.63, 3.8) is 0 Å². The van der Waals surface area contributed by atoms with Crippen molar-refractivity contribution in [2.24, 2.45) is 0 Å². The Hall–Kier alpha value is -1.82. The van der Waals surface area contributed by atoms with Crippen LogP contribution in [-0.2, 0) is 4.79 Å². The highest BCUT2D eigenvalue weighted by Crippen LogP contribution is 2.20. The lowest BCUT2D eigenvalue weighted by Gasteiger charge is -2.17. The summed E-state index contributed by atoms with van der Waals surface area (Å²) in [4.78, 5) is 11.0. The molecule has 0 aromatic heterocycles. The number of ketones is 1. The van der Waals surface area contributed by atoms with Gasteiger partial charge < -0.3 is 5.43 Å². The topological polar surface area (TPSA) is 32.3 Å². The van der Waals surface area contributed by atoms with Crippen molar-refractivity contribution in [1.82, 2.24) is 10.4 Å². The van der Waals surface area contributed by atoms with Gasteiger partial charge in [-0.3, -0.25) is 4.79 Å². The molecule has 1 aromatic rings. The standard InChI is InChI=1S/C13H15F3N2O/c1-9-4-6-10(7-5-9)11(17-18(2)3)8-12(19)13(14,15)16/h4-8,17H,1-3H3/b11-8+. The summed E-state index contributed by atoms with van der Waals surface area (Å²) < 4.78 is 36.9. The second kappa shape index (κ2) is 5.88. The van der Waals surface area contributed by atoms with Gasteiger partial charge in [0.2, 0.25) is 0 Å². The first-order chi connectivity index (χ1) is 8.70. The molecular weight excluding hydrogens is 257 g/mol. The number of aryl methyl sites for hydroxylation is 1. The molecule has 19 heavy (non-hydrogen) atoms. The molecule has 0 aliphatic rings. The van der Waals surface area contributed by atoms with Gasteiger partial charge in [-0.15, -0.1) is 0 Å². The molecule has 1 rings (SSSR count). The van der Waals surface area contributed by atoms with Crippen molar-refractivity contribution < 1.29 is 18.0 Å². The van der Waals surface area contributed by atoms with Crippen LogP contribution in [0, 0.1) is 6.92 Å². The third-order valence-corrected chi connectivity index (χ3v) is 2.26. The van der Waals surface area contributed by atoms with Gasteiger partial charge in [0.1, 0.15) is 0 Å². The lowest BCUT2D eigenvalue weighted by atomic mass is 10.1. The summed E-state index contributed by atoms with van der Waals surface area (Å²) in [5.74, 6) is -1.89. The highest BCUT2D eigenvalue weighted by molar-refractivity contribution is 6.00. The summed E-state index contributed by atoms with van der Waals surface area (Å²) in [7, 11) is 3.25. The molecule has 0 heterocycles. The van der Waals surface area contributed by atoms with E-state index >= 15 is 0 Å². The number of nitrogens with zero attached hydrogens (tertiary/aromatic N) is 1. The second-order valence-electron chi connectivity index (χ2n) is 4.29. The fraction of sp³-hybridized carbons (Fsp3) is 0.308. The zero-order valence-corrected chi connectivity index (χ0v) is 10.9. The fourth-order valence-corrected chi connectivity index (χ4v) is 1.37. The SMILES string of the molecule is Cc1ccc(/C(=C\C(=O)C(F)(F)F)NN(C)C)cc1. The molecule has 1 aromatic carbocycles. The van der Waals surface area contributed by atoms with Crippen LogP contribution in [-0.4, -0.2) is 31.1 Å². The fourth-order valence-electron chi connectivity index (χ4n) is 1.37. The van der Waals surface area contributed by atoms with Crippen LogP contribution >= 0.6 is 0 Å². The third-order valence-electron chi connectivity index (χ3n) is 2.26. The molecule has 0 saturated heterocycles. The van der Waals surface area contributed by atoms with Crippen molar-refractivity contribution in [2.45, 2.75) is 13.1 Å². The number of halogens is 3. The van der Waals surface area contributed by atoms with Crippen LogP contribution in [0.25, 0.3) is 5.70 Å². The number of nitrogens with one attached hydrogen (secondary N) is 1. The van der Waals surface area contributed by atoms with Gasteiger partial charge in [-0.05, 0) is 12.5 Å². The Balaban J connectivity index is 3.11. The predicted octanol–water partition coefficient (Wildman–Crippen LogP) is 2.53. The molecule has 0 radical (unpaired) electrons. The van der Waals surface area contributed by atoms with Crippen molar-refractivity contribution >= 4 is 11.5 Å². The van der Waals surface area contributed by atoms with Gasteiger partial charge in [-0.2, -0.15) is 13.2 Å². The summed E-state index contributed by atoms with van der Waals surface area (Å²) >= 11 is 0. The Bertz CT molecular complexity index is 476. The molecule has 3 nitrogen and oxygen atoms in total. The van der Waals surface area contributed by atoms with Crippen LogP contribution < -0.4 is 5.43 Å². The zero-order chi connectivity index (χ0) is 14.6. The molecule has 0 amide bonds. The van der Waals surface area contributed by atoms with E-state index in [1.807, 2.05) is 6.92 Å². The van der Waals surface area contributed by atoms with Crippen LogP contribution in [0.15, 0.2) is 30.3 Å². The van der Waals surface area contributed by atoms with Gasteiger partial charge in [0.05, 0.1) is 5.70 Å². The summed E-state index contributed by atoms with van der Waals surface area (Å²) in [6, 6.07) is 6.83. The smallest absolute Gasteiger partial charge is 0.319 e. The van der Waals surface area contributed by atoms with E-state index in [1.165, 1.54) is 5.01 Å². The average molecular weight is 272 g/mol. The molecule has 0 fully saturated rings. The molecule has 1 N–H and O–H groups in total. The highest BCUT2D eigenvalue weighted by atomic mass is 19.4. The first-order valence-electron chi connectivity index (χ1n) is 5.54. The van der Waals surface area contributed by atoms with E-state index in [9.17, 15) is 18.0 Å². The molecular formula is C13H15F3N2O. The predicted molar refractivity (Wildman–Crippen MR) is 67.0 cm³/mol. The molecule has 0 aliphatic carbocycles. The Morgan fingerprint density at radius 2 is 1.74 bits per heavy atom. The number of hydrazine groups is 1. The first kappa shape index (κ1) is 15.2. The lowest BCUT2D eigenvalue weighted by molar-refractivity contribution is -0.165. The Kier molecular flexibility index (Phi) is 4.72. The van der Waals surface area contributed by atoms with E-state index in [-0.39, 0.29) is 5.70 Å². The van der Waals surface area contributed by atoms with E-state index in [4.69, 9.17) is 0 Å². The van der Waals surface area contributed by atoms with Gasteiger partial charge in [0.25, 0.3) is 5.78 Å². The van der Waals surface area contributed by atoms with Crippen LogP contribution in [0.2, 0.25) is 0 Å². The molecule has 0 bridgehead atoms. The number of hydrogen-bond donors (Lipinski definition) is 1. The number of carbonyl (C=O) groups excluding carboxylic acids is 1. The zero-order valence-electron chi connectivity index (χ0n) is 10.9. The first-order valence-corrected chi connectivity index (χ1v) is 5.54. The Morgan fingerprint density at radius 1 is 1.21 bits per heavy atom. The summed E-state index contributed by atoms with van der Waals surface area (Å²) in [6.45, 7) is 1.87. The number of carbonyl (C=O) groups is 1. The van der Waals surface area contributed by atoms with Crippen LogP contribution in [0.1, 0.15) is 11.1 Å². The van der Waals surface area contributed by atoms with Crippen LogP contribution in [0.3, 0.4) is 0 Å². The third kappa shape index (κ3) is 4.75. The van der Waals surface area contributed by atoms with Gasteiger partial charge in [0, 0.05) is 20.2 Å². The van der Waals surface area contributed by atoms with Gasteiger partial charge in [-0.1, -0.05) is 29.8 Å². The van der Waals surface area contributed by atoms with Gasteiger partial charge in [0.15, 0.2) is 0 Å². The normalized spacial score (nSPS) is 12.7. The Labute approximate surface area is 109 Å². The minimum absolute atomic E-state index is 0.104. The van der Waals surface area contributed by atoms with E-state index in [0.717, 1.165) is 5.56 Å². The highest BCUT2D eigenvalue weighted by Gasteiger charge is 2.36. The average Bonchev–Trinajstić information content (AvgIpc) is 2.27. The Morgan fingerprint density at radius 3 is 2.16 bits per heavy atom. The molecule has 104 valence electrons. The molecule has 0 spiro atoms. The number of hydrogen-bond acceptors (Lipinski definition) is 3. The number of allylic oxidation sites excluding steroid dienone is 1. The summed E-state index contributed by atoms with van der Waals surface area (Å²) in [5.41, 5.74) is 4.29. The number of rotatable bonds is 4. The molecule has 0 unspecified atom stereocenters. The van der Waals surface area contributed by atoms with Crippen molar-refractivity contribution in [1.29, 1.82) is 0 Å². The van der Waals surface area contributed by atoms with Crippen molar-refractivity contribution in [3.05, 3.63) is 41.5 Å². The van der Waals surface area contributed by atoms with E-state index in [1.54, 1.807) is 38.4 Å². The maximum atomic E-state index is 12.3. The maximum absolute atomic E-state index is 12.3. The second-order valence-corrected chi connectivity index (χ2v) is 4.29.